The molecule has 0 spiro atoms. The Hall–Kier alpha value is -2.21. The minimum absolute atomic E-state index is 0.148. The monoisotopic (exact) mass is 480 g/mol. The number of hydrogen-bond donors (Lipinski definition) is 0. The van der Waals surface area contributed by atoms with Crippen LogP contribution >= 0.6 is 11.8 Å². The molecule has 0 saturated carbocycles. The lowest BCUT2D eigenvalue weighted by Gasteiger charge is -2.27. The maximum Gasteiger partial charge on any atom is 0.395 e. The van der Waals surface area contributed by atoms with Crippen LogP contribution in [0, 0.1) is 5.92 Å². The fourth-order valence-electron chi connectivity index (χ4n) is 3.44. The van der Waals surface area contributed by atoms with E-state index in [4.69, 9.17) is 4.74 Å². The Balaban J connectivity index is 3.27. The van der Waals surface area contributed by atoms with Crippen LogP contribution in [0.3, 0.4) is 0 Å². The summed E-state index contributed by atoms with van der Waals surface area (Å²) in [6.07, 6.45) is -1.95. The molecule has 0 radical (unpaired) electrons. The van der Waals surface area contributed by atoms with Gasteiger partial charge in [-0.05, 0) is 68.7 Å². The minimum Gasteiger partial charge on any atom is -0.490 e. The highest BCUT2D eigenvalue weighted by Crippen LogP contribution is 2.38. The Morgan fingerprint density at radius 3 is 2.18 bits per heavy atom. The first-order valence-electron chi connectivity index (χ1n) is 11.1. The van der Waals surface area contributed by atoms with Gasteiger partial charge >= 0.3 is 6.18 Å². The van der Waals surface area contributed by atoms with E-state index in [2.05, 4.69) is 19.7 Å². The molecular weight excluding hydrogens is 445 g/mol. The molecule has 0 amide bonds. The molecule has 0 saturated heterocycles. The summed E-state index contributed by atoms with van der Waals surface area (Å²) >= 11 is 1.44. The van der Waals surface area contributed by atoms with Crippen molar-refractivity contribution in [3.63, 3.8) is 0 Å². The van der Waals surface area contributed by atoms with Crippen LogP contribution in [0.5, 0.6) is 5.75 Å². The highest BCUT2D eigenvalue weighted by molar-refractivity contribution is 8.11. The van der Waals surface area contributed by atoms with Crippen molar-refractivity contribution in [1.82, 2.24) is 0 Å². The third kappa shape index (κ3) is 9.66. The van der Waals surface area contributed by atoms with Crippen LogP contribution in [0.25, 0.3) is 4.91 Å². The number of Topliss-reactive ketones (excluding diaryl/α,β-unsaturated/α-hetero) is 1. The molecule has 0 aliphatic heterocycles. The van der Waals surface area contributed by atoms with Gasteiger partial charge in [0, 0.05) is 10.5 Å². The zero-order valence-corrected chi connectivity index (χ0v) is 21.1. The zero-order valence-electron chi connectivity index (χ0n) is 20.3. The molecule has 0 bridgehead atoms. The second kappa shape index (κ2) is 12.9. The first-order chi connectivity index (χ1) is 15.3. The van der Waals surface area contributed by atoms with Gasteiger partial charge in [-0.3, -0.25) is 4.79 Å². The van der Waals surface area contributed by atoms with Gasteiger partial charge in [-0.25, -0.2) is 0 Å². The van der Waals surface area contributed by atoms with Crippen molar-refractivity contribution < 1.29 is 22.7 Å². The van der Waals surface area contributed by atoms with Crippen molar-refractivity contribution in [2.45, 2.75) is 72.6 Å². The van der Waals surface area contributed by atoms with E-state index in [0.717, 1.165) is 10.5 Å². The number of thioether (sulfide) groups is 1. The van der Waals surface area contributed by atoms with Gasteiger partial charge in [-0.1, -0.05) is 69.0 Å². The molecule has 2 atom stereocenters. The zero-order chi connectivity index (χ0) is 25.3. The van der Waals surface area contributed by atoms with Gasteiger partial charge in [-0.15, -0.1) is 0 Å². The van der Waals surface area contributed by atoms with Crippen molar-refractivity contribution >= 4 is 22.5 Å². The number of hydrogen-bond acceptors (Lipinski definition) is 3. The minimum atomic E-state index is -4.38. The van der Waals surface area contributed by atoms with E-state index >= 15 is 0 Å². The Morgan fingerprint density at radius 1 is 1.09 bits per heavy atom. The number of ether oxygens (including phenoxy) is 1. The normalized spacial score (nSPS) is 13.9. The fraction of sp³-hybridized carbons (Fsp3) is 0.444. The lowest BCUT2D eigenvalue weighted by atomic mass is 9.90. The Kier molecular flexibility index (Phi) is 11.2. The number of allylic oxidation sites excluding steroid dienone is 4. The SMILES string of the molecule is C=C(C)/C=C(/C)SC(=C)c1cc(OC(CCC)CC(C(=C)CC)C(F)(F)F)cc(C(C)=O)c1. The van der Waals surface area contributed by atoms with E-state index in [0.29, 0.717) is 34.6 Å². The second-order valence-corrected chi connectivity index (χ2v) is 9.64. The molecule has 182 valence electrons. The summed E-state index contributed by atoms with van der Waals surface area (Å²) in [4.78, 5) is 13.8. The molecule has 0 fully saturated rings. The fourth-order valence-corrected chi connectivity index (χ4v) is 4.33. The van der Waals surface area contributed by atoms with Crippen molar-refractivity contribution in [2.75, 3.05) is 0 Å². The maximum absolute atomic E-state index is 13.7. The van der Waals surface area contributed by atoms with E-state index in [9.17, 15) is 18.0 Å². The van der Waals surface area contributed by atoms with Crippen LogP contribution in [-0.4, -0.2) is 18.1 Å². The largest absolute Gasteiger partial charge is 0.490 e. The molecule has 2 nitrogen and oxygen atoms in total. The third-order valence-corrected chi connectivity index (χ3v) is 6.04. The lowest BCUT2D eigenvalue weighted by Crippen LogP contribution is -2.31. The van der Waals surface area contributed by atoms with Gasteiger partial charge in [0.15, 0.2) is 5.78 Å². The van der Waals surface area contributed by atoms with Crippen LogP contribution in [0.15, 0.2) is 60.1 Å². The topological polar surface area (TPSA) is 26.3 Å². The molecule has 1 aromatic rings. The van der Waals surface area contributed by atoms with Gasteiger partial charge in [0.2, 0.25) is 0 Å². The molecular formula is C27H35F3O2S. The number of carbonyl (C=O) groups is 1. The highest BCUT2D eigenvalue weighted by Gasteiger charge is 2.42. The molecule has 1 rings (SSSR count). The molecule has 33 heavy (non-hydrogen) atoms. The summed E-state index contributed by atoms with van der Waals surface area (Å²) in [6, 6.07) is 5.04. The summed E-state index contributed by atoms with van der Waals surface area (Å²) in [7, 11) is 0. The van der Waals surface area contributed by atoms with Crippen molar-refractivity contribution in [2.24, 2.45) is 5.92 Å². The van der Waals surface area contributed by atoms with Crippen LogP contribution in [-0.2, 0) is 0 Å². The summed E-state index contributed by atoms with van der Waals surface area (Å²) in [5.41, 5.74) is 2.17. The Labute approximate surface area is 200 Å². The van der Waals surface area contributed by atoms with Gasteiger partial charge in [0.1, 0.15) is 5.75 Å². The molecule has 0 heterocycles. The van der Waals surface area contributed by atoms with E-state index in [1.165, 1.54) is 18.7 Å². The summed E-state index contributed by atoms with van der Waals surface area (Å²) < 4.78 is 47.0. The average molecular weight is 481 g/mol. The van der Waals surface area contributed by atoms with E-state index in [1.54, 1.807) is 25.1 Å². The highest BCUT2D eigenvalue weighted by atomic mass is 32.2. The van der Waals surface area contributed by atoms with Crippen molar-refractivity contribution in [3.8, 4) is 5.75 Å². The summed E-state index contributed by atoms with van der Waals surface area (Å²) in [6.45, 7) is 20.5. The van der Waals surface area contributed by atoms with Gasteiger partial charge < -0.3 is 4.74 Å². The number of ketones is 1. The third-order valence-electron chi connectivity index (χ3n) is 5.12. The lowest BCUT2D eigenvalue weighted by molar-refractivity contribution is -0.170. The van der Waals surface area contributed by atoms with Crippen molar-refractivity contribution in [1.29, 1.82) is 0 Å². The maximum atomic E-state index is 13.7. The molecule has 0 aliphatic rings. The Morgan fingerprint density at radius 2 is 1.70 bits per heavy atom. The van der Waals surface area contributed by atoms with Gasteiger partial charge in [0.25, 0.3) is 0 Å². The molecule has 1 aromatic carbocycles. The number of benzene rings is 1. The smallest absolute Gasteiger partial charge is 0.395 e. The Bertz CT molecular complexity index is 912. The van der Waals surface area contributed by atoms with Crippen LogP contribution < -0.4 is 4.74 Å². The molecule has 2 unspecified atom stereocenters. The number of alkyl halides is 3. The first-order valence-corrected chi connectivity index (χ1v) is 11.9. The first kappa shape index (κ1) is 28.8. The second-order valence-electron chi connectivity index (χ2n) is 8.30. The molecule has 0 aromatic heterocycles. The van der Waals surface area contributed by atoms with E-state index < -0.39 is 18.2 Å². The van der Waals surface area contributed by atoms with Crippen LogP contribution in [0.1, 0.15) is 76.2 Å². The summed E-state index contributed by atoms with van der Waals surface area (Å²) in [5.74, 6) is -1.43. The van der Waals surface area contributed by atoms with Crippen LogP contribution in [0.2, 0.25) is 0 Å². The number of carbonyl (C=O) groups excluding carboxylic acids is 1. The molecule has 0 aliphatic carbocycles. The predicted molar refractivity (Wildman–Crippen MR) is 135 cm³/mol. The predicted octanol–water partition coefficient (Wildman–Crippen LogP) is 9.16. The molecule has 0 N–H and O–H groups in total. The van der Waals surface area contributed by atoms with Gasteiger partial charge in [0.05, 0.1) is 12.0 Å². The average Bonchev–Trinajstić information content (AvgIpc) is 2.69. The quantitative estimate of drug-likeness (QED) is 0.160. The van der Waals surface area contributed by atoms with Crippen LogP contribution in [0.4, 0.5) is 13.2 Å². The standard InChI is InChI=1S/C27H35F3O2S/c1-9-11-24(16-26(18(5)10-2)27(28,29)30)32-25-14-22(20(7)31)13-23(15-25)21(8)33-19(6)12-17(3)4/h12-15,24,26H,3,5,8-11,16H2,1-2,4,6-7H3/b19-12-. The summed E-state index contributed by atoms with van der Waals surface area (Å²) in [5, 5.41) is 0. The number of halogens is 3. The number of rotatable bonds is 13. The van der Waals surface area contributed by atoms with E-state index in [-0.39, 0.29) is 24.2 Å². The van der Waals surface area contributed by atoms with E-state index in [1.807, 2.05) is 26.8 Å². The van der Waals surface area contributed by atoms with Crippen molar-refractivity contribution in [3.05, 3.63) is 71.2 Å². The van der Waals surface area contributed by atoms with Gasteiger partial charge in [-0.2, -0.15) is 13.2 Å². The molecule has 6 heteroatoms.